The molecule has 124 valence electrons. The predicted molar refractivity (Wildman–Crippen MR) is 88.5 cm³/mol. The minimum absolute atomic E-state index is 0.123. The van der Waals surface area contributed by atoms with E-state index in [0.29, 0.717) is 12.8 Å². The molecule has 0 amide bonds. The minimum atomic E-state index is -0.670. The molecule has 23 heavy (non-hydrogen) atoms. The van der Waals surface area contributed by atoms with Gasteiger partial charge in [0, 0.05) is 18.0 Å². The number of carbonyl (C=O) groups excluding carboxylic acids is 2. The fraction of sp³-hybridized carbons (Fsp3) is 0.444. The Morgan fingerprint density at radius 2 is 2.13 bits per heavy atom. The standard InChI is InChI=1S/C18H23NO4/c1-3-12-23-18(21)17(15-6-4-5-7-16(15)20)19-13-8-10-14(22-2)11-9-13/h3,8-11,15,17,19H,1,4-7,12H2,2H3/t15-,17-/m0/s1. The minimum Gasteiger partial charge on any atom is -0.497 e. The van der Waals surface area contributed by atoms with E-state index in [1.54, 1.807) is 19.2 Å². The first-order valence-electron chi connectivity index (χ1n) is 7.86. The molecule has 1 aromatic rings. The highest BCUT2D eigenvalue weighted by atomic mass is 16.5. The van der Waals surface area contributed by atoms with Gasteiger partial charge in [-0.05, 0) is 37.1 Å². The zero-order valence-electron chi connectivity index (χ0n) is 13.4. The zero-order valence-corrected chi connectivity index (χ0v) is 13.4. The number of ketones is 1. The largest absolute Gasteiger partial charge is 0.497 e. The van der Waals surface area contributed by atoms with Crippen molar-refractivity contribution < 1.29 is 19.1 Å². The maximum absolute atomic E-state index is 12.4. The average Bonchev–Trinajstić information content (AvgIpc) is 2.59. The van der Waals surface area contributed by atoms with Crippen LogP contribution in [0.25, 0.3) is 0 Å². The van der Waals surface area contributed by atoms with Crippen molar-refractivity contribution in [2.75, 3.05) is 19.0 Å². The first-order chi connectivity index (χ1) is 11.2. The number of benzene rings is 1. The number of hydrogen-bond acceptors (Lipinski definition) is 5. The fourth-order valence-electron chi connectivity index (χ4n) is 2.78. The van der Waals surface area contributed by atoms with Crippen LogP contribution >= 0.6 is 0 Å². The van der Waals surface area contributed by atoms with Crippen LogP contribution in [0, 0.1) is 5.92 Å². The zero-order chi connectivity index (χ0) is 16.7. The van der Waals surface area contributed by atoms with Gasteiger partial charge in [0.05, 0.1) is 7.11 Å². The third-order valence-electron chi connectivity index (χ3n) is 4.01. The summed E-state index contributed by atoms with van der Waals surface area (Å²) in [6, 6.07) is 6.57. The Kier molecular flexibility index (Phi) is 6.20. The lowest BCUT2D eigenvalue weighted by Gasteiger charge is -2.29. The van der Waals surface area contributed by atoms with Crippen LogP contribution < -0.4 is 10.1 Å². The van der Waals surface area contributed by atoms with E-state index in [1.165, 1.54) is 6.08 Å². The van der Waals surface area contributed by atoms with E-state index in [1.807, 2.05) is 12.1 Å². The lowest BCUT2D eigenvalue weighted by molar-refractivity contribution is -0.147. The normalized spacial score (nSPS) is 18.8. The van der Waals surface area contributed by atoms with Crippen LogP contribution in [0.15, 0.2) is 36.9 Å². The molecule has 0 radical (unpaired) electrons. The van der Waals surface area contributed by atoms with Crippen molar-refractivity contribution in [3.63, 3.8) is 0 Å². The number of nitrogens with one attached hydrogen (secondary N) is 1. The summed E-state index contributed by atoms with van der Waals surface area (Å²) in [5.41, 5.74) is 0.754. The number of ether oxygens (including phenoxy) is 2. The second-order valence-corrected chi connectivity index (χ2v) is 5.59. The van der Waals surface area contributed by atoms with Gasteiger partial charge in [-0.2, -0.15) is 0 Å². The molecular formula is C18H23NO4. The van der Waals surface area contributed by atoms with E-state index in [0.717, 1.165) is 24.3 Å². The molecule has 0 spiro atoms. The number of esters is 1. The molecule has 1 fully saturated rings. The number of methoxy groups -OCH3 is 1. The summed E-state index contributed by atoms with van der Waals surface area (Å²) < 4.78 is 10.3. The Balaban J connectivity index is 2.15. The van der Waals surface area contributed by atoms with Gasteiger partial charge in [0.2, 0.25) is 0 Å². The van der Waals surface area contributed by atoms with Crippen LogP contribution in [0.4, 0.5) is 5.69 Å². The van der Waals surface area contributed by atoms with Crippen LogP contribution in [-0.4, -0.2) is 31.5 Å². The molecular weight excluding hydrogens is 294 g/mol. The van der Waals surface area contributed by atoms with Gasteiger partial charge in [0.1, 0.15) is 24.2 Å². The summed E-state index contributed by atoms with van der Waals surface area (Å²) in [6.07, 6.45) is 4.60. The van der Waals surface area contributed by atoms with Crippen molar-refractivity contribution >= 4 is 17.4 Å². The molecule has 0 heterocycles. The number of anilines is 1. The highest BCUT2D eigenvalue weighted by Crippen LogP contribution is 2.27. The third-order valence-corrected chi connectivity index (χ3v) is 4.01. The maximum Gasteiger partial charge on any atom is 0.329 e. The molecule has 0 saturated heterocycles. The lowest BCUT2D eigenvalue weighted by Crippen LogP contribution is -2.43. The van der Waals surface area contributed by atoms with E-state index in [9.17, 15) is 9.59 Å². The lowest BCUT2D eigenvalue weighted by atomic mass is 9.82. The molecule has 2 rings (SSSR count). The van der Waals surface area contributed by atoms with Crippen LogP contribution in [0.3, 0.4) is 0 Å². The molecule has 1 N–H and O–H groups in total. The van der Waals surface area contributed by atoms with E-state index < -0.39 is 12.0 Å². The number of carbonyl (C=O) groups is 2. The van der Waals surface area contributed by atoms with Crippen LogP contribution in [-0.2, 0) is 14.3 Å². The van der Waals surface area contributed by atoms with Gasteiger partial charge in [0.15, 0.2) is 0 Å². The quantitative estimate of drug-likeness (QED) is 0.619. The van der Waals surface area contributed by atoms with Crippen molar-refractivity contribution in [1.29, 1.82) is 0 Å². The van der Waals surface area contributed by atoms with Gasteiger partial charge in [0.25, 0.3) is 0 Å². The van der Waals surface area contributed by atoms with Crippen molar-refractivity contribution in [1.82, 2.24) is 0 Å². The number of Topliss-reactive ketones (excluding diaryl/α,β-unsaturated/α-hetero) is 1. The topological polar surface area (TPSA) is 64.6 Å². The molecule has 1 saturated carbocycles. The predicted octanol–water partition coefficient (Wildman–Crippen LogP) is 2.96. The molecule has 5 heteroatoms. The van der Waals surface area contributed by atoms with Crippen LogP contribution in [0.2, 0.25) is 0 Å². The highest BCUT2D eigenvalue weighted by molar-refractivity contribution is 5.91. The van der Waals surface area contributed by atoms with Gasteiger partial charge in [-0.15, -0.1) is 0 Å². The molecule has 1 aliphatic rings. The summed E-state index contributed by atoms with van der Waals surface area (Å²) in [6.45, 7) is 3.68. The molecule has 5 nitrogen and oxygen atoms in total. The third kappa shape index (κ3) is 4.58. The molecule has 0 aliphatic heterocycles. The van der Waals surface area contributed by atoms with E-state index in [4.69, 9.17) is 9.47 Å². The highest BCUT2D eigenvalue weighted by Gasteiger charge is 2.36. The summed E-state index contributed by atoms with van der Waals surface area (Å²) in [4.78, 5) is 24.6. The summed E-state index contributed by atoms with van der Waals surface area (Å²) in [5, 5.41) is 3.15. The molecule has 0 aromatic heterocycles. The van der Waals surface area contributed by atoms with Crippen molar-refractivity contribution in [3.8, 4) is 5.75 Å². The smallest absolute Gasteiger partial charge is 0.329 e. The molecule has 0 bridgehead atoms. The Bertz CT molecular complexity index is 553. The first kappa shape index (κ1) is 17.1. The van der Waals surface area contributed by atoms with E-state index in [2.05, 4.69) is 11.9 Å². The Labute approximate surface area is 136 Å². The SMILES string of the molecule is C=CCOC(=O)[C@@H](Nc1ccc(OC)cc1)[C@H]1CCCCC1=O. The van der Waals surface area contributed by atoms with Gasteiger partial charge in [-0.1, -0.05) is 19.1 Å². The van der Waals surface area contributed by atoms with Crippen LogP contribution in [0.5, 0.6) is 5.75 Å². The van der Waals surface area contributed by atoms with Gasteiger partial charge < -0.3 is 14.8 Å². The average molecular weight is 317 g/mol. The maximum atomic E-state index is 12.4. The number of hydrogen-bond donors (Lipinski definition) is 1. The summed E-state index contributed by atoms with van der Waals surface area (Å²) in [7, 11) is 1.60. The molecule has 1 aliphatic carbocycles. The molecule has 0 unspecified atom stereocenters. The second-order valence-electron chi connectivity index (χ2n) is 5.59. The van der Waals surface area contributed by atoms with Crippen molar-refractivity contribution in [2.45, 2.75) is 31.7 Å². The molecule has 2 atom stereocenters. The van der Waals surface area contributed by atoms with E-state index >= 15 is 0 Å². The second kappa shape index (κ2) is 8.36. The first-order valence-corrected chi connectivity index (χ1v) is 7.86. The Morgan fingerprint density at radius 3 is 2.74 bits per heavy atom. The van der Waals surface area contributed by atoms with Crippen molar-refractivity contribution in [3.05, 3.63) is 36.9 Å². The van der Waals surface area contributed by atoms with Crippen molar-refractivity contribution in [2.24, 2.45) is 5.92 Å². The monoisotopic (exact) mass is 317 g/mol. The van der Waals surface area contributed by atoms with Gasteiger partial charge >= 0.3 is 5.97 Å². The Morgan fingerprint density at radius 1 is 1.39 bits per heavy atom. The van der Waals surface area contributed by atoms with E-state index in [-0.39, 0.29) is 18.3 Å². The van der Waals surface area contributed by atoms with Gasteiger partial charge in [-0.3, -0.25) is 4.79 Å². The fourth-order valence-corrected chi connectivity index (χ4v) is 2.78. The summed E-state index contributed by atoms with van der Waals surface area (Å²) in [5.74, 6) is 0.0945. The number of rotatable bonds is 7. The van der Waals surface area contributed by atoms with Gasteiger partial charge in [-0.25, -0.2) is 4.79 Å². The summed E-state index contributed by atoms with van der Waals surface area (Å²) >= 11 is 0. The Hall–Kier alpha value is -2.30. The van der Waals surface area contributed by atoms with Crippen LogP contribution in [0.1, 0.15) is 25.7 Å². The molecule has 1 aromatic carbocycles.